The average molecular weight is 436 g/mol. The van der Waals surface area contributed by atoms with Crippen LogP contribution in [0.5, 0.6) is 11.5 Å². The van der Waals surface area contributed by atoms with Crippen molar-refractivity contribution in [2.45, 2.75) is 39.7 Å². The standard InChI is InChI=1S/C25H29N3O4/c1-15-11-20-21(12-16(15)2)28(25(30)18-8-6-9-19(18)27-20)14-23(29)26-13-17-7-5-10-22(31-3)24(17)32-4/h5,7,10-12,18H,6,8-9,13-14H2,1-4H3,(H,26,29). The molecular formula is C25H29N3O4. The van der Waals surface area contributed by atoms with Crippen molar-refractivity contribution in [1.29, 1.82) is 0 Å². The molecule has 7 heteroatoms. The van der Waals surface area contributed by atoms with E-state index >= 15 is 0 Å². The molecule has 1 unspecified atom stereocenters. The summed E-state index contributed by atoms with van der Waals surface area (Å²) in [4.78, 5) is 32.8. The lowest BCUT2D eigenvalue weighted by molar-refractivity contribution is -0.124. The highest BCUT2D eigenvalue weighted by Crippen LogP contribution is 2.39. The molecule has 2 amide bonds. The first-order chi connectivity index (χ1) is 15.4. The molecule has 2 aliphatic rings. The molecule has 1 saturated carbocycles. The topological polar surface area (TPSA) is 80.2 Å². The molecule has 1 atom stereocenters. The quantitative estimate of drug-likeness (QED) is 0.747. The third kappa shape index (κ3) is 4.07. The molecular weight excluding hydrogens is 406 g/mol. The SMILES string of the molecule is COc1cccc(CNC(=O)CN2C(=O)C3CCCC3=Nc3cc(C)c(C)cc32)c1OC. The van der Waals surface area contributed by atoms with Crippen LogP contribution in [0.2, 0.25) is 0 Å². The summed E-state index contributed by atoms with van der Waals surface area (Å²) in [6.45, 7) is 4.26. The number of rotatable bonds is 6. The highest BCUT2D eigenvalue weighted by molar-refractivity contribution is 6.16. The smallest absolute Gasteiger partial charge is 0.240 e. The van der Waals surface area contributed by atoms with E-state index in [1.165, 1.54) is 0 Å². The molecule has 1 aliphatic heterocycles. The number of para-hydroxylation sites is 1. The van der Waals surface area contributed by atoms with Crippen LogP contribution in [0.15, 0.2) is 35.3 Å². The fourth-order valence-electron chi connectivity index (χ4n) is 4.43. The summed E-state index contributed by atoms with van der Waals surface area (Å²) in [5, 5.41) is 2.92. The Balaban J connectivity index is 1.57. The van der Waals surface area contributed by atoms with Crippen LogP contribution in [0.1, 0.15) is 36.0 Å². The number of fused-ring (bicyclic) bond motifs is 2. The van der Waals surface area contributed by atoms with Crippen molar-refractivity contribution in [3.8, 4) is 11.5 Å². The molecule has 1 aliphatic carbocycles. The van der Waals surface area contributed by atoms with Gasteiger partial charge in [-0.1, -0.05) is 12.1 Å². The van der Waals surface area contributed by atoms with Gasteiger partial charge in [-0.15, -0.1) is 0 Å². The maximum absolute atomic E-state index is 13.4. The van der Waals surface area contributed by atoms with E-state index in [1.807, 2.05) is 38.1 Å². The van der Waals surface area contributed by atoms with E-state index in [2.05, 4.69) is 5.32 Å². The van der Waals surface area contributed by atoms with Crippen LogP contribution >= 0.6 is 0 Å². The Bertz CT molecular complexity index is 1090. The van der Waals surface area contributed by atoms with Gasteiger partial charge in [0.2, 0.25) is 11.8 Å². The van der Waals surface area contributed by atoms with Crippen LogP contribution in [0, 0.1) is 19.8 Å². The summed E-state index contributed by atoms with van der Waals surface area (Å²) in [5.41, 5.74) is 5.39. The number of ether oxygens (including phenoxy) is 2. The van der Waals surface area contributed by atoms with Crippen LogP contribution in [0.3, 0.4) is 0 Å². The number of nitrogens with zero attached hydrogens (tertiary/aromatic N) is 2. The van der Waals surface area contributed by atoms with Crippen molar-refractivity contribution < 1.29 is 19.1 Å². The van der Waals surface area contributed by atoms with Crippen molar-refractivity contribution in [2.75, 3.05) is 25.7 Å². The Morgan fingerprint density at radius 2 is 1.97 bits per heavy atom. The minimum Gasteiger partial charge on any atom is -0.493 e. The van der Waals surface area contributed by atoms with Crippen LogP contribution in [-0.2, 0) is 16.1 Å². The number of amides is 2. The monoisotopic (exact) mass is 435 g/mol. The van der Waals surface area contributed by atoms with Gasteiger partial charge >= 0.3 is 0 Å². The van der Waals surface area contributed by atoms with Crippen LogP contribution in [0.4, 0.5) is 11.4 Å². The van der Waals surface area contributed by atoms with Crippen molar-refractivity contribution in [3.63, 3.8) is 0 Å². The van der Waals surface area contributed by atoms with E-state index in [-0.39, 0.29) is 30.8 Å². The predicted octanol–water partition coefficient (Wildman–Crippen LogP) is 3.86. The van der Waals surface area contributed by atoms with Crippen molar-refractivity contribution in [3.05, 3.63) is 47.0 Å². The molecule has 2 aromatic rings. The van der Waals surface area contributed by atoms with Gasteiger partial charge in [-0.05, 0) is 62.4 Å². The van der Waals surface area contributed by atoms with Gasteiger partial charge in [0.25, 0.3) is 0 Å². The molecule has 0 radical (unpaired) electrons. The predicted molar refractivity (Wildman–Crippen MR) is 124 cm³/mol. The van der Waals surface area contributed by atoms with Crippen LogP contribution in [-0.4, -0.2) is 38.3 Å². The first-order valence-electron chi connectivity index (χ1n) is 10.9. The number of nitrogens with one attached hydrogen (secondary N) is 1. The minimum absolute atomic E-state index is 0.0441. The Hall–Kier alpha value is -3.35. The summed E-state index contributed by atoms with van der Waals surface area (Å²) in [5.74, 6) is 0.662. The molecule has 168 valence electrons. The second kappa shape index (κ2) is 9.02. The molecule has 0 saturated heterocycles. The zero-order valence-electron chi connectivity index (χ0n) is 19.0. The van der Waals surface area contributed by atoms with Gasteiger partial charge in [0, 0.05) is 17.8 Å². The second-order valence-electron chi connectivity index (χ2n) is 8.33. The van der Waals surface area contributed by atoms with E-state index in [1.54, 1.807) is 25.2 Å². The van der Waals surface area contributed by atoms with Gasteiger partial charge in [0.05, 0.1) is 31.5 Å². The van der Waals surface area contributed by atoms with Gasteiger partial charge < -0.3 is 19.7 Å². The maximum Gasteiger partial charge on any atom is 0.240 e. The first kappa shape index (κ1) is 21.9. The van der Waals surface area contributed by atoms with E-state index < -0.39 is 0 Å². The van der Waals surface area contributed by atoms with Gasteiger partial charge in [-0.2, -0.15) is 0 Å². The van der Waals surface area contributed by atoms with E-state index in [4.69, 9.17) is 14.5 Å². The largest absolute Gasteiger partial charge is 0.493 e. The Morgan fingerprint density at radius 3 is 2.72 bits per heavy atom. The van der Waals surface area contributed by atoms with Crippen molar-refractivity contribution >= 4 is 28.9 Å². The van der Waals surface area contributed by atoms with Gasteiger partial charge in [0.1, 0.15) is 6.54 Å². The summed E-state index contributed by atoms with van der Waals surface area (Å²) in [6.07, 6.45) is 2.56. The maximum atomic E-state index is 13.4. The summed E-state index contributed by atoms with van der Waals surface area (Å²) < 4.78 is 10.8. The number of hydrogen-bond donors (Lipinski definition) is 1. The highest BCUT2D eigenvalue weighted by atomic mass is 16.5. The first-order valence-corrected chi connectivity index (χ1v) is 10.9. The summed E-state index contributed by atoms with van der Waals surface area (Å²) in [7, 11) is 3.14. The van der Waals surface area contributed by atoms with Gasteiger partial charge in [0.15, 0.2) is 11.5 Å². The van der Waals surface area contributed by atoms with Crippen LogP contribution < -0.4 is 19.7 Å². The summed E-state index contributed by atoms with van der Waals surface area (Å²) in [6, 6.07) is 9.50. The number of carbonyl (C=O) groups excluding carboxylic acids is 2. The lowest BCUT2D eigenvalue weighted by Gasteiger charge is -2.25. The fraction of sp³-hybridized carbons (Fsp3) is 0.400. The van der Waals surface area contributed by atoms with Crippen LogP contribution in [0.25, 0.3) is 0 Å². The molecule has 2 aromatic carbocycles. The number of aryl methyl sites for hydroxylation is 2. The number of methoxy groups -OCH3 is 2. The molecule has 1 heterocycles. The third-order valence-electron chi connectivity index (χ3n) is 6.30. The number of aliphatic imine (C=N–C) groups is 1. The molecule has 0 spiro atoms. The summed E-state index contributed by atoms with van der Waals surface area (Å²) >= 11 is 0. The van der Waals surface area contributed by atoms with Crippen molar-refractivity contribution in [1.82, 2.24) is 5.32 Å². The van der Waals surface area contributed by atoms with Gasteiger partial charge in [-0.3, -0.25) is 14.6 Å². The Morgan fingerprint density at radius 1 is 1.19 bits per heavy atom. The zero-order valence-corrected chi connectivity index (χ0v) is 19.0. The Labute approximate surface area is 188 Å². The van der Waals surface area contributed by atoms with E-state index in [0.717, 1.165) is 47.4 Å². The molecule has 4 rings (SSSR count). The molecule has 0 aromatic heterocycles. The molecule has 32 heavy (non-hydrogen) atoms. The average Bonchev–Trinajstić information content (AvgIpc) is 3.22. The van der Waals surface area contributed by atoms with Crippen molar-refractivity contribution in [2.24, 2.45) is 10.9 Å². The lowest BCUT2D eigenvalue weighted by atomic mass is 10.0. The minimum atomic E-state index is -0.242. The number of anilines is 1. The Kier molecular flexibility index (Phi) is 6.17. The fourth-order valence-corrected chi connectivity index (χ4v) is 4.43. The lowest BCUT2D eigenvalue weighted by Crippen LogP contribution is -2.43. The second-order valence-corrected chi connectivity index (χ2v) is 8.33. The molecule has 0 bridgehead atoms. The van der Waals surface area contributed by atoms with E-state index in [9.17, 15) is 9.59 Å². The highest BCUT2D eigenvalue weighted by Gasteiger charge is 2.37. The number of benzene rings is 2. The zero-order chi connectivity index (χ0) is 22.8. The molecule has 1 fully saturated rings. The van der Waals surface area contributed by atoms with Gasteiger partial charge in [-0.25, -0.2) is 0 Å². The van der Waals surface area contributed by atoms with E-state index in [0.29, 0.717) is 17.2 Å². The normalized spacial score (nSPS) is 17.2. The third-order valence-corrected chi connectivity index (χ3v) is 6.30. The number of hydrogen-bond acceptors (Lipinski definition) is 5. The molecule has 1 N–H and O–H groups in total. The molecule has 7 nitrogen and oxygen atoms in total. The number of carbonyl (C=O) groups is 2.